The maximum Gasteiger partial charge on any atom is 0.0240 e. The molecule has 0 aromatic carbocycles. The number of hydrogen-bond donors (Lipinski definition) is 1. The van der Waals surface area contributed by atoms with Gasteiger partial charge in [-0.25, -0.2) is 0 Å². The fraction of sp³-hybridized carbons (Fsp3) is 1.00. The van der Waals surface area contributed by atoms with Crippen LogP contribution in [0.4, 0.5) is 0 Å². The highest BCUT2D eigenvalue weighted by atomic mass is 35.5. The van der Waals surface area contributed by atoms with Gasteiger partial charge in [0.15, 0.2) is 0 Å². The lowest BCUT2D eigenvalue weighted by molar-refractivity contribution is 0.355. The van der Waals surface area contributed by atoms with E-state index in [9.17, 15) is 0 Å². The molecule has 0 aliphatic rings. The maximum atomic E-state index is 5.66. The van der Waals surface area contributed by atoms with Crippen molar-refractivity contribution in [1.82, 2.24) is 5.32 Å². The molecule has 0 bridgehead atoms. The number of halogens is 1. The summed E-state index contributed by atoms with van der Waals surface area (Å²) < 4.78 is 0. The largest absolute Gasteiger partial charge is 0.311 e. The summed E-state index contributed by atoms with van der Waals surface area (Å²) in [7, 11) is 0. The Bertz CT molecular complexity index is 99.7. The summed E-state index contributed by atoms with van der Waals surface area (Å²) in [5, 5.41) is 3.47. The molecule has 11 heavy (non-hydrogen) atoms. The molecule has 0 unspecified atom stereocenters. The number of rotatable bonds is 5. The third-order valence-electron chi connectivity index (χ3n) is 1.71. The van der Waals surface area contributed by atoms with Gasteiger partial charge in [0, 0.05) is 11.4 Å². The van der Waals surface area contributed by atoms with Gasteiger partial charge < -0.3 is 5.32 Å². The zero-order valence-electron chi connectivity index (χ0n) is 8.08. The summed E-state index contributed by atoms with van der Waals surface area (Å²) in [5.74, 6) is 1.45. The summed E-state index contributed by atoms with van der Waals surface area (Å²) >= 11 is 5.66. The van der Waals surface area contributed by atoms with Crippen LogP contribution in [0, 0.1) is 5.92 Å². The number of nitrogens with one attached hydrogen (secondary N) is 1. The van der Waals surface area contributed by atoms with Crippen LogP contribution in [0.3, 0.4) is 0 Å². The third-order valence-corrected chi connectivity index (χ3v) is 1.90. The van der Waals surface area contributed by atoms with Crippen molar-refractivity contribution in [2.45, 2.75) is 39.7 Å². The molecule has 0 saturated heterocycles. The van der Waals surface area contributed by atoms with Crippen molar-refractivity contribution in [2.24, 2.45) is 5.92 Å². The second-order valence-corrected chi connectivity index (χ2v) is 4.48. The van der Waals surface area contributed by atoms with Gasteiger partial charge in [-0.2, -0.15) is 0 Å². The van der Waals surface area contributed by atoms with Crippen molar-refractivity contribution in [2.75, 3.05) is 12.4 Å². The lowest BCUT2D eigenvalue weighted by atomic mass is 10.0. The van der Waals surface area contributed by atoms with Crippen LogP contribution >= 0.6 is 11.6 Å². The first-order valence-electron chi connectivity index (χ1n) is 4.29. The first kappa shape index (κ1) is 11.2. The van der Waals surface area contributed by atoms with Crippen LogP contribution < -0.4 is 5.32 Å². The van der Waals surface area contributed by atoms with Gasteiger partial charge in [0.05, 0.1) is 0 Å². The number of hydrogen-bond acceptors (Lipinski definition) is 1. The molecular weight excluding hydrogens is 158 g/mol. The molecule has 68 valence electrons. The van der Waals surface area contributed by atoms with E-state index in [1.807, 2.05) is 0 Å². The Morgan fingerprint density at radius 1 is 1.36 bits per heavy atom. The average Bonchev–Trinajstić information content (AvgIpc) is 1.84. The monoisotopic (exact) mass is 177 g/mol. The van der Waals surface area contributed by atoms with E-state index in [0.29, 0.717) is 5.92 Å². The van der Waals surface area contributed by atoms with E-state index < -0.39 is 0 Å². The van der Waals surface area contributed by atoms with Gasteiger partial charge in [-0.1, -0.05) is 13.8 Å². The molecule has 0 aliphatic heterocycles. The predicted molar refractivity (Wildman–Crippen MR) is 52.3 cm³/mol. The maximum absolute atomic E-state index is 5.66. The second-order valence-electron chi connectivity index (χ2n) is 4.10. The van der Waals surface area contributed by atoms with Gasteiger partial charge >= 0.3 is 0 Å². The SMILES string of the molecule is CC(C)CNC(C)(C)CCCl. The van der Waals surface area contributed by atoms with Crippen molar-refractivity contribution in [1.29, 1.82) is 0 Å². The summed E-state index contributed by atoms with van der Waals surface area (Å²) in [6.45, 7) is 9.88. The molecular formula is C9H20ClN. The fourth-order valence-electron chi connectivity index (χ4n) is 0.805. The van der Waals surface area contributed by atoms with E-state index >= 15 is 0 Å². The third kappa shape index (κ3) is 6.64. The zero-order valence-corrected chi connectivity index (χ0v) is 8.83. The first-order chi connectivity index (χ1) is 4.98. The van der Waals surface area contributed by atoms with Gasteiger partial charge in [-0.15, -0.1) is 11.6 Å². The van der Waals surface area contributed by atoms with E-state index in [-0.39, 0.29) is 5.54 Å². The highest BCUT2D eigenvalue weighted by Crippen LogP contribution is 2.09. The van der Waals surface area contributed by atoms with E-state index in [0.717, 1.165) is 18.8 Å². The molecule has 0 saturated carbocycles. The molecule has 0 spiro atoms. The Kier molecular flexibility index (Phi) is 5.11. The quantitative estimate of drug-likeness (QED) is 0.637. The van der Waals surface area contributed by atoms with Crippen molar-refractivity contribution in [3.05, 3.63) is 0 Å². The topological polar surface area (TPSA) is 12.0 Å². The summed E-state index contributed by atoms with van der Waals surface area (Å²) in [4.78, 5) is 0. The fourth-order valence-corrected chi connectivity index (χ4v) is 1.28. The molecule has 2 heteroatoms. The molecule has 0 radical (unpaired) electrons. The smallest absolute Gasteiger partial charge is 0.0240 e. The van der Waals surface area contributed by atoms with Crippen molar-refractivity contribution < 1.29 is 0 Å². The minimum absolute atomic E-state index is 0.200. The first-order valence-corrected chi connectivity index (χ1v) is 4.82. The molecule has 0 amide bonds. The van der Waals surface area contributed by atoms with E-state index in [2.05, 4.69) is 33.0 Å². The predicted octanol–water partition coefficient (Wildman–Crippen LogP) is 2.64. The minimum atomic E-state index is 0.200. The number of alkyl halides is 1. The van der Waals surface area contributed by atoms with E-state index in [1.165, 1.54) is 0 Å². The Balaban J connectivity index is 3.54. The van der Waals surface area contributed by atoms with Crippen LogP contribution in [-0.2, 0) is 0 Å². The van der Waals surface area contributed by atoms with Gasteiger partial charge in [0.2, 0.25) is 0 Å². The van der Waals surface area contributed by atoms with Crippen molar-refractivity contribution in [3.8, 4) is 0 Å². The van der Waals surface area contributed by atoms with Crippen LogP contribution in [0.25, 0.3) is 0 Å². The lowest BCUT2D eigenvalue weighted by Crippen LogP contribution is -2.41. The Hall–Kier alpha value is 0.250. The standard InChI is InChI=1S/C9H20ClN/c1-8(2)7-11-9(3,4)5-6-10/h8,11H,5-7H2,1-4H3. The molecule has 0 atom stereocenters. The van der Waals surface area contributed by atoms with Crippen LogP contribution in [0.15, 0.2) is 0 Å². The minimum Gasteiger partial charge on any atom is -0.311 e. The molecule has 0 fully saturated rings. The van der Waals surface area contributed by atoms with Crippen molar-refractivity contribution >= 4 is 11.6 Å². The average molecular weight is 178 g/mol. The van der Waals surface area contributed by atoms with Crippen LogP contribution in [0.2, 0.25) is 0 Å². The van der Waals surface area contributed by atoms with Crippen LogP contribution in [0.5, 0.6) is 0 Å². The van der Waals surface area contributed by atoms with Crippen molar-refractivity contribution in [3.63, 3.8) is 0 Å². The Morgan fingerprint density at radius 2 is 1.91 bits per heavy atom. The molecule has 1 N–H and O–H groups in total. The molecule has 0 aliphatic carbocycles. The van der Waals surface area contributed by atoms with Gasteiger partial charge in [0.1, 0.15) is 0 Å². The zero-order chi connectivity index (χ0) is 8.91. The molecule has 0 aromatic heterocycles. The highest BCUT2D eigenvalue weighted by molar-refractivity contribution is 6.17. The van der Waals surface area contributed by atoms with E-state index in [4.69, 9.17) is 11.6 Å². The lowest BCUT2D eigenvalue weighted by Gasteiger charge is -2.26. The summed E-state index contributed by atoms with van der Waals surface area (Å²) in [6.07, 6.45) is 1.03. The van der Waals surface area contributed by atoms with E-state index in [1.54, 1.807) is 0 Å². The van der Waals surface area contributed by atoms with Gasteiger partial charge in [0.25, 0.3) is 0 Å². The second kappa shape index (κ2) is 5.00. The molecule has 0 heterocycles. The normalized spacial score (nSPS) is 12.5. The van der Waals surface area contributed by atoms with Crippen LogP contribution in [-0.4, -0.2) is 18.0 Å². The molecule has 1 nitrogen and oxygen atoms in total. The molecule has 0 rings (SSSR count). The van der Waals surface area contributed by atoms with Crippen LogP contribution in [0.1, 0.15) is 34.1 Å². The van der Waals surface area contributed by atoms with Gasteiger partial charge in [-0.3, -0.25) is 0 Å². The molecule has 0 aromatic rings. The highest BCUT2D eigenvalue weighted by Gasteiger charge is 2.15. The Morgan fingerprint density at radius 3 is 2.27 bits per heavy atom. The Labute approximate surface area is 75.5 Å². The summed E-state index contributed by atoms with van der Waals surface area (Å²) in [6, 6.07) is 0. The van der Waals surface area contributed by atoms with Gasteiger partial charge in [-0.05, 0) is 32.7 Å². The summed E-state index contributed by atoms with van der Waals surface area (Å²) in [5.41, 5.74) is 0.200.